The molecule has 0 fully saturated rings. The van der Waals surface area contributed by atoms with E-state index in [1.54, 1.807) is 31.7 Å². The van der Waals surface area contributed by atoms with E-state index in [2.05, 4.69) is 4.98 Å². The van der Waals surface area contributed by atoms with E-state index in [1.807, 2.05) is 24.3 Å². The van der Waals surface area contributed by atoms with Crippen molar-refractivity contribution in [2.45, 2.75) is 31.9 Å². The zero-order valence-electron chi connectivity index (χ0n) is 10.6. The fourth-order valence-electron chi connectivity index (χ4n) is 1.62. The Balaban J connectivity index is 2.28. The standard InChI is InChI=1S/C13H15ClN2O2/c1-13(2,3)18-12(17)11(14)16-8-15-9-6-4-5-7-10(9)16/h4-8,11H,1-3H3. The lowest BCUT2D eigenvalue weighted by atomic mass is 10.2. The van der Waals surface area contributed by atoms with Crippen LogP contribution in [0.1, 0.15) is 26.3 Å². The molecule has 0 aliphatic rings. The molecule has 0 aliphatic carbocycles. The summed E-state index contributed by atoms with van der Waals surface area (Å²) in [5.41, 5.74) is 0.146. The summed E-state index contributed by atoms with van der Waals surface area (Å²) in [4.78, 5) is 16.1. The van der Waals surface area contributed by atoms with E-state index in [0.717, 1.165) is 11.0 Å². The van der Waals surface area contributed by atoms with Gasteiger partial charge in [-0.1, -0.05) is 23.7 Å². The number of imidazole rings is 1. The Hall–Kier alpha value is -1.55. The summed E-state index contributed by atoms with van der Waals surface area (Å²) >= 11 is 6.13. The van der Waals surface area contributed by atoms with E-state index in [4.69, 9.17) is 16.3 Å². The average Bonchev–Trinajstić information content (AvgIpc) is 2.69. The molecule has 1 heterocycles. The van der Waals surface area contributed by atoms with Crippen LogP contribution in [0.15, 0.2) is 30.6 Å². The predicted octanol–water partition coefficient (Wildman–Crippen LogP) is 3.12. The smallest absolute Gasteiger partial charge is 0.345 e. The molecule has 96 valence electrons. The number of hydrogen-bond donors (Lipinski definition) is 0. The van der Waals surface area contributed by atoms with Crippen LogP contribution in [-0.4, -0.2) is 21.1 Å². The normalized spacial score (nSPS) is 13.6. The van der Waals surface area contributed by atoms with Crippen molar-refractivity contribution in [2.75, 3.05) is 0 Å². The van der Waals surface area contributed by atoms with Crippen molar-refractivity contribution in [3.8, 4) is 0 Å². The van der Waals surface area contributed by atoms with Gasteiger partial charge in [0.2, 0.25) is 5.50 Å². The number of esters is 1. The van der Waals surface area contributed by atoms with Crippen molar-refractivity contribution >= 4 is 28.6 Å². The molecule has 0 amide bonds. The number of alkyl halides is 1. The molecular weight excluding hydrogens is 252 g/mol. The van der Waals surface area contributed by atoms with Gasteiger partial charge in [0.25, 0.3) is 0 Å². The molecule has 2 rings (SSSR count). The summed E-state index contributed by atoms with van der Waals surface area (Å²) in [7, 11) is 0. The molecule has 4 nitrogen and oxygen atoms in total. The molecule has 18 heavy (non-hydrogen) atoms. The van der Waals surface area contributed by atoms with Gasteiger partial charge < -0.3 is 9.30 Å². The lowest BCUT2D eigenvalue weighted by Crippen LogP contribution is -2.28. The van der Waals surface area contributed by atoms with Crippen molar-refractivity contribution in [2.24, 2.45) is 0 Å². The van der Waals surface area contributed by atoms with Crippen molar-refractivity contribution in [1.82, 2.24) is 9.55 Å². The Morgan fingerprint density at radius 1 is 1.39 bits per heavy atom. The first-order valence-electron chi connectivity index (χ1n) is 5.67. The van der Waals surface area contributed by atoms with Gasteiger partial charge in [0, 0.05) is 0 Å². The Bertz CT molecular complexity index is 572. The Morgan fingerprint density at radius 3 is 2.72 bits per heavy atom. The quantitative estimate of drug-likeness (QED) is 0.620. The van der Waals surface area contributed by atoms with Crippen molar-refractivity contribution < 1.29 is 9.53 Å². The molecule has 0 aliphatic heterocycles. The number of hydrogen-bond acceptors (Lipinski definition) is 3. The minimum Gasteiger partial charge on any atom is -0.457 e. The third-order valence-corrected chi connectivity index (χ3v) is 2.72. The third-order valence-electron chi connectivity index (χ3n) is 2.33. The van der Waals surface area contributed by atoms with Gasteiger partial charge in [-0.2, -0.15) is 0 Å². The zero-order valence-corrected chi connectivity index (χ0v) is 11.3. The molecule has 2 aromatic rings. The van der Waals surface area contributed by atoms with Crippen LogP contribution in [0, 0.1) is 0 Å². The molecule has 0 N–H and O–H groups in total. The maximum Gasteiger partial charge on any atom is 0.345 e. The molecule has 1 unspecified atom stereocenters. The maximum absolute atomic E-state index is 11.9. The zero-order chi connectivity index (χ0) is 13.3. The fraction of sp³-hybridized carbons (Fsp3) is 0.385. The number of carbonyl (C=O) groups is 1. The first-order valence-corrected chi connectivity index (χ1v) is 6.10. The maximum atomic E-state index is 11.9. The third kappa shape index (κ3) is 2.64. The molecule has 0 saturated carbocycles. The molecular formula is C13H15ClN2O2. The molecule has 1 aromatic carbocycles. The number of rotatable bonds is 2. The second-order valence-electron chi connectivity index (χ2n) is 5.01. The minimum atomic E-state index is -0.906. The fourth-order valence-corrected chi connectivity index (χ4v) is 1.82. The summed E-state index contributed by atoms with van der Waals surface area (Å²) in [6.07, 6.45) is 1.55. The summed E-state index contributed by atoms with van der Waals surface area (Å²) in [5.74, 6) is -0.479. The van der Waals surface area contributed by atoms with Gasteiger partial charge in [0.15, 0.2) is 0 Å². The Morgan fingerprint density at radius 2 is 2.06 bits per heavy atom. The lowest BCUT2D eigenvalue weighted by Gasteiger charge is -2.22. The number of para-hydroxylation sites is 2. The molecule has 0 spiro atoms. The van der Waals surface area contributed by atoms with Crippen LogP contribution in [-0.2, 0) is 9.53 Å². The second kappa shape index (κ2) is 4.61. The average molecular weight is 267 g/mol. The number of benzene rings is 1. The van der Waals surface area contributed by atoms with Crippen LogP contribution in [0.4, 0.5) is 0 Å². The van der Waals surface area contributed by atoms with Crippen LogP contribution in [0.2, 0.25) is 0 Å². The number of carbonyl (C=O) groups excluding carboxylic acids is 1. The summed E-state index contributed by atoms with van der Waals surface area (Å²) in [6.45, 7) is 5.42. The Labute approximate surface area is 111 Å². The van der Waals surface area contributed by atoms with E-state index >= 15 is 0 Å². The first-order chi connectivity index (χ1) is 8.38. The molecule has 0 radical (unpaired) electrons. The molecule has 1 atom stereocenters. The largest absolute Gasteiger partial charge is 0.457 e. The van der Waals surface area contributed by atoms with E-state index in [-0.39, 0.29) is 0 Å². The van der Waals surface area contributed by atoms with Crippen LogP contribution < -0.4 is 0 Å². The molecule has 5 heteroatoms. The van der Waals surface area contributed by atoms with Gasteiger partial charge in [-0.05, 0) is 32.9 Å². The predicted molar refractivity (Wildman–Crippen MR) is 70.5 cm³/mol. The van der Waals surface area contributed by atoms with E-state index in [9.17, 15) is 4.79 Å². The van der Waals surface area contributed by atoms with E-state index < -0.39 is 17.1 Å². The van der Waals surface area contributed by atoms with Crippen molar-refractivity contribution in [3.63, 3.8) is 0 Å². The lowest BCUT2D eigenvalue weighted by molar-refractivity contribution is -0.156. The van der Waals surface area contributed by atoms with Crippen molar-refractivity contribution in [1.29, 1.82) is 0 Å². The highest BCUT2D eigenvalue weighted by atomic mass is 35.5. The Kier molecular flexibility index (Phi) is 3.30. The van der Waals surface area contributed by atoms with Gasteiger partial charge in [0.05, 0.1) is 17.4 Å². The molecule has 0 bridgehead atoms. The number of nitrogens with zero attached hydrogens (tertiary/aromatic N) is 2. The summed E-state index contributed by atoms with van der Waals surface area (Å²) in [5, 5.41) is 0. The molecule has 1 aromatic heterocycles. The van der Waals surface area contributed by atoms with Gasteiger partial charge in [-0.25, -0.2) is 9.78 Å². The highest BCUT2D eigenvalue weighted by Crippen LogP contribution is 2.23. The van der Waals surface area contributed by atoms with E-state index in [1.165, 1.54) is 0 Å². The highest BCUT2D eigenvalue weighted by Gasteiger charge is 2.25. The van der Waals surface area contributed by atoms with Gasteiger partial charge in [0.1, 0.15) is 5.60 Å². The topological polar surface area (TPSA) is 44.1 Å². The number of halogens is 1. The van der Waals surface area contributed by atoms with Gasteiger partial charge in [-0.15, -0.1) is 0 Å². The van der Waals surface area contributed by atoms with Gasteiger partial charge in [-0.3, -0.25) is 0 Å². The van der Waals surface area contributed by atoms with Crippen LogP contribution in [0.3, 0.4) is 0 Å². The second-order valence-corrected chi connectivity index (χ2v) is 5.42. The van der Waals surface area contributed by atoms with Crippen molar-refractivity contribution in [3.05, 3.63) is 30.6 Å². The SMILES string of the molecule is CC(C)(C)OC(=O)C(Cl)n1cnc2ccccc21. The summed E-state index contributed by atoms with van der Waals surface area (Å²) in [6, 6.07) is 7.49. The molecule has 0 saturated heterocycles. The minimum absolute atomic E-state index is 0.479. The van der Waals surface area contributed by atoms with Crippen LogP contribution >= 0.6 is 11.6 Å². The first kappa shape index (κ1) is 12.9. The van der Waals surface area contributed by atoms with Crippen LogP contribution in [0.5, 0.6) is 0 Å². The summed E-state index contributed by atoms with van der Waals surface area (Å²) < 4.78 is 6.85. The van der Waals surface area contributed by atoms with Crippen LogP contribution in [0.25, 0.3) is 11.0 Å². The number of fused-ring (bicyclic) bond motifs is 1. The number of ether oxygens (including phenoxy) is 1. The van der Waals surface area contributed by atoms with Gasteiger partial charge >= 0.3 is 5.97 Å². The monoisotopic (exact) mass is 266 g/mol. The van der Waals surface area contributed by atoms with E-state index in [0.29, 0.717) is 0 Å². The highest BCUT2D eigenvalue weighted by molar-refractivity contribution is 6.28. The number of aromatic nitrogens is 2.